The third kappa shape index (κ3) is 4.29. The van der Waals surface area contributed by atoms with Crippen LogP contribution in [-0.4, -0.2) is 23.1 Å². The van der Waals surface area contributed by atoms with Crippen LogP contribution >= 0.6 is 0 Å². The van der Waals surface area contributed by atoms with Crippen LogP contribution in [0.5, 0.6) is 11.5 Å². The molecule has 2 nitrogen and oxygen atoms in total. The smallest absolute Gasteiger partial charge is 0.411 e. The van der Waals surface area contributed by atoms with Crippen LogP contribution in [0.15, 0.2) is 48.5 Å². The van der Waals surface area contributed by atoms with Gasteiger partial charge in [-0.05, 0) is 56.2 Å². The Balaban J connectivity index is 2.66. The third-order valence-corrected chi connectivity index (χ3v) is 4.24. The number of aromatic hydroxyl groups is 1. The minimum absolute atomic E-state index is 0.0745. The Kier molecular flexibility index (Phi) is 5.84. The SMILES string of the molecule is CC#CC(C)(C)Oc1ccc(C(c2ccc(O)cc2)(C(F)(F)F)C(F)(F)F)cc1. The zero-order chi connectivity index (χ0) is 22.1. The number of halogens is 6. The second kappa shape index (κ2) is 7.54. The lowest BCUT2D eigenvalue weighted by atomic mass is 9.73. The highest BCUT2D eigenvalue weighted by Crippen LogP contribution is 2.56. The summed E-state index contributed by atoms with van der Waals surface area (Å²) in [5.74, 6) is 5.00. The van der Waals surface area contributed by atoms with Crippen molar-refractivity contribution < 1.29 is 36.2 Å². The average molecular weight is 416 g/mol. The molecule has 8 heteroatoms. The number of hydrogen-bond acceptors (Lipinski definition) is 2. The second-order valence-electron chi connectivity index (χ2n) is 6.80. The molecule has 0 unspecified atom stereocenters. The van der Waals surface area contributed by atoms with Crippen molar-refractivity contribution in [2.75, 3.05) is 0 Å². The average Bonchev–Trinajstić information content (AvgIpc) is 2.55. The van der Waals surface area contributed by atoms with Crippen LogP contribution < -0.4 is 4.74 Å². The van der Waals surface area contributed by atoms with Crippen molar-refractivity contribution in [2.45, 2.75) is 44.1 Å². The predicted molar refractivity (Wildman–Crippen MR) is 95.6 cm³/mol. The Hall–Kier alpha value is -2.82. The topological polar surface area (TPSA) is 29.5 Å². The van der Waals surface area contributed by atoms with Crippen LogP contribution in [0.3, 0.4) is 0 Å². The van der Waals surface area contributed by atoms with E-state index < -0.39 is 40.2 Å². The van der Waals surface area contributed by atoms with Crippen molar-refractivity contribution in [1.82, 2.24) is 0 Å². The van der Waals surface area contributed by atoms with E-state index in [2.05, 4.69) is 11.8 Å². The molecule has 0 aliphatic heterocycles. The molecule has 156 valence electrons. The van der Waals surface area contributed by atoms with Gasteiger partial charge in [0.15, 0.2) is 5.60 Å². The molecular weight excluding hydrogens is 398 g/mol. The van der Waals surface area contributed by atoms with Crippen molar-refractivity contribution in [3.05, 3.63) is 59.7 Å². The molecule has 2 aromatic rings. The minimum Gasteiger partial charge on any atom is -0.508 e. The van der Waals surface area contributed by atoms with Gasteiger partial charge in [0.1, 0.15) is 11.5 Å². The van der Waals surface area contributed by atoms with Gasteiger partial charge < -0.3 is 9.84 Å². The Morgan fingerprint density at radius 1 is 0.759 bits per heavy atom. The Labute approximate surface area is 164 Å². The number of alkyl halides is 6. The summed E-state index contributed by atoms with van der Waals surface area (Å²) in [7, 11) is 0. The van der Waals surface area contributed by atoms with Crippen molar-refractivity contribution in [1.29, 1.82) is 0 Å². The van der Waals surface area contributed by atoms with Gasteiger partial charge >= 0.3 is 12.4 Å². The Bertz CT molecular complexity index is 884. The maximum Gasteiger partial charge on any atom is 0.411 e. The first-order chi connectivity index (χ1) is 13.2. The van der Waals surface area contributed by atoms with Gasteiger partial charge in [0, 0.05) is 0 Å². The number of phenols is 1. The fourth-order valence-corrected chi connectivity index (χ4v) is 3.09. The summed E-state index contributed by atoms with van der Waals surface area (Å²) in [6, 6.07) is 6.34. The summed E-state index contributed by atoms with van der Waals surface area (Å²) in [5, 5.41) is 9.30. The van der Waals surface area contributed by atoms with Crippen LogP contribution in [-0.2, 0) is 5.41 Å². The molecule has 0 heterocycles. The molecule has 0 aliphatic carbocycles. The molecule has 0 bridgehead atoms. The highest BCUT2D eigenvalue weighted by atomic mass is 19.4. The summed E-state index contributed by atoms with van der Waals surface area (Å²) in [6.45, 7) is 4.81. The Morgan fingerprint density at radius 3 is 1.55 bits per heavy atom. The quantitative estimate of drug-likeness (QED) is 0.491. The first-order valence-electron chi connectivity index (χ1n) is 8.41. The van der Waals surface area contributed by atoms with E-state index in [0.29, 0.717) is 12.1 Å². The molecule has 0 atom stereocenters. The number of ether oxygens (including phenoxy) is 1. The lowest BCUT2D eigenvalue weighted by Gasteiger charge is -2.38. The lowest BCUT2D eigenvalue weighted by Crippen LogP contribution is -2.54. The lowest BCUT2D eigenvalue weighted by molar-refractivity contribution is -0.288. The van der Waals surface area contributed by atoms with E-state index in [1.165, 1.54) is 0 Å². The predicted octanol–water partition coefficient (Wildman–Crippen LogP) is 5.98. The molecule has 0 saturated carbocycles. The zero-order valence-electron chi connectivity index (χ0n) is 15.7. The van der Waals surface area contributed by atoms with E-state index >= 15 is 0 Å². The minimum atomic E-state index is -5.70. The summed E-state index contributed by atoms with van der Waals surface area (Å²) < 4.78 is 89.4. The molecule has 0 aliphatic rings. The first kappa shape index (κ1) is 22.5. The van der Waals surface area contributed by atoms with Crippen LogP contribution in [0.2, 0.25) is 0 Å². The normalized spacial score (nSPS) is 12.9. The third-order valence-electron chi connectivity index (χ3n) is 4.24. The summed E-state index contributed by atoms with van der Waals surface area (Å²) >= 11 is 0. The van der Waals surface area contributed by atoms with Gasteiger partial charge in [0.25, 0.3) is 0 Å². The van der Waals surface area contributed by atoms with Crippen LogP contribution in [0.25, 0.3) is 0 Å². The Morgan fingerprint density at radius 2 is 1.17 bits per heavy atom. The molecule has 0 aromatic heterocycles. The van der Waals surface area contributed by atoms with E-state index in [-0.39, 0.29) is 5.75 Å². The molecule has 1 N–H and O–H groups in total. The zero-order valence-corrected chi connectivity index (χ0v) is 15.7. The van der Waals surface area contributed by atoms with Crippen molar-refractivity contribution >= 4 is 0 Å². The first-order valence-corrected chi connectivity index (χ1v) is 8.41. The number of benzene rings is 2. The van der Waals surface area contributed by atoms with Gasteiger partial charge in [-0.15, -0.1) is 5.92 Å². The van der Waals surface area contributed by atoms with E-state index in [9.17, 15) is 31.4 Å². The van der Waals surface area contributed by atoms with Gasteiger partial charge in [-0.1, -0.05) is 30.2 Å². The van der Waals surface area contributed by atoms with Gasteiger partial charge in [-0.3, -0.25) is 0 Å². The molecule has 0 amide bonds. The molecule has 2 rings (SSSR count). The maximum absolute atomic E-state index is 14.0. The van der Waals surface area contributed by atoms with Gasteiger partial charge in [-0.2, -0.15) is 26.3 Å². The van der Waals surface area contributed by atoms with Crippen molar-refractivity contribution in [3.63, 3.8) is 0 Å². The fraction of sp³-hybridized carbons (Fsp3) is 0.333. The molecule has 0 fully saturated rings. The standard InChI is InChI=1S/C21H18F6O2/c1-4-13-18(2,3)29-17-11-7-15(8-12-17)19(20(22,23)24,21(25,26)27)14-5-9-16(28)10-6-14/h5-12,28H,1-3H3. The van der Waals surface area contributed by atoms with E-state index in [0.717, 1.165) is 36.4 Å². The van der Waals surface area contributed by atoms with E-state index in [4.69, 9.17) is 4.74 Å². The molecular formula is C21H18F6O2. The van der Waals surface area contributed by atoms with Gasteiger partial charge in [-0.25, -0.2) is 0 Å². The highest BCUT2D eigenvalue weighted by molar-refractivity contribution is 5.47. The van der Waals surface area contributed by atoms with Crippen LogP contribution in [0, 0.1) is 11.8 Å². The van der Waals surface area contributed by atoms with Gasteiger partial charge in [0.05, 0.1) is 0 Å². The second-order valence-corrected chi connectivity index (χ2v) is 6.80. The van der Waals surface area contributed by atoms with Gasteiger partial charge in [0.2, 0.25) is 5.41 Å². The number of rotatable bonds is 4. The molecule has 2 aromatic carbocycles. The summed E-state index contributed by atoms with van der Waals surface area (Å²) in [5.41, 5.74) is -7.32. The molecule has 0 spiro atoms. The monoisotopic (exact) mass is 416 g/mol. The highest BCUT2D eigenvalue weighted by Gasteiger charge is 2.72. The maximum atomic E-state index is 14.0. The van der Waals surface area contributed by atoms with Crippen molar-refractivity contribution in [2.24, 2.45) is 0 Å². The summed E-state index contributed by atoms with van der Waals surface area (Å²) in [4.78, 5) is 0. The summed E-state index contributed by atoms with van der Waals surface area (Å²) in [6.07, 6.45) is -11.4. The van der Waals surface area contributed by atoms with E-state index in [1.807, 2.05) is 0 Å². The van der Waals surface area contributed by atoms with Crippen LogP contribution in [0.4, 0.5) is 26.3 Å². The van der Waals surface area contributed by atoms with E-state index in [1.54, 1.807) is 20.8 Å². The largest absolute Gasteiger partial charge is 0.508 e. The van der Waals surface area contributed by atoms with Crippen molar-refractivity contribution in [3.8, 4) is 23.3 Å². The van der Waals surface area contributed by atoms with Crippen LogP contribution in [0.1, 0.15) is 31.9 Å². The number of phenolic OH excluding ortho intramolecular Hbond substituents is 1. The molecule has 29 heavy (non-hydrogen) atoms. The molecule has 0 radical (unpaired) electrons. The fourth-order valence-electron chi connectivity index (χ4n) is 3.09. The number of hydrogen-bond donors (Lipinski definition) is 1. The molecule has 0 saturated heterocycles.